The van der Waals surface area contributed by atoms with E-state index in [2.05, 4.69) is 79.1 Å². The lowest BCUT2D eigenvalue weighted by molar-refractivity contribution is -0.161. The summed E-state index contributed by atoms with van der Waals surface area (Å²) >= 11 is 0. The lowest BCUT2D eigenvalue weighted by Crippen LogP contribution is -2.29. The van der Waals surface area contributed by atoms with Gasteiger partial charge >= 0.3 is 19.8 Å². The van der Waals surface area contributed by atoms with Crippen molar-refractivity contribution in [1.82, 2.24) is 0 Å². The molecule has 0 saturated carbocycles. The minimum Gasteiger partial charge on any atom is -0.462 e. The Hall–Kier alpha value is -2.59. The molecule has 3 atom stereocenters. The van der Waals surface area contributed by atoms with Gasteiger partial charge in [0.05, 0.1) is 19.8 Å². The monoisotopic (exact) mass is 851 g/mol. The minimum absolute atomic E-state index is 0.102. The Balaban J connectivity index is 4.35. The number of carbonyl (C=O) groups is 2. The third-order valence-corrected chi connectivity index (χ3v) is 10.3. The number of hydrogen-bond acceptors (Lipinski definition) is 9. The van der Waals surface area contributed by atoms with Gasteiger partial charge in [0, 0.05) is 12.8 Å². The number of hydrogen-bond donors (Lipinski definition) is 3. The zero-order valence-electron chi connectivity index (χ0n) is 36.9. The van der Waals surface area contributed by atoms with E-state index in [4.69, 9.17) is 19.1 Å². The second kappa shape index (κ2) is 43.5. The molecule has 0 fully saturated rings. The van der Waals surface area contributed by atoms with Crippen LogP contribution in [0.2, 0.25) is 0 Å². The molecular formula is C48H83O10P. The number of esters is 2. The number of unbranched alkanes of at least 4 members (excludes halogenated alkanes) is 16. The lowest BCUT2D eigenvalue weighted by Gasteiger charge is -2.20. The van der Waals surface area contributed by atoms with E-state index in [1.54, 1.807) is 0 Å². The second-order valence-corrected chi connectivity index (χ2v) is 16.5. The number of rotatable bonds is 42. The van der Waals surface area contributed by atoms with Crippen LogP contribution in [0.15, 0.2) is 72.9 Å². The summed E-state index contributed by atoms with van der Waals surface area (Å²) in [6.45, 7) is 2.19. The third kappa shape index (κ3) is 43.3. The van der Waals surface area contributed by atoms with Gasteiger partial charge < -0.3 is 24.6 Å². The van der Waals surface area contributed by atoms with Crippen LogP contribution < -0.4 is 0 Å². The van der Waals surface area contributed by atoms with Crippen molar-refractivity contribution in [3.05, 3.63) is 72.9 Å². The van der Waals surface area contributed by atoms with Crippen LogP contribution in [0.3, 0.4) is 0 Å². The van der Waals surface area contributed by atoms with Gasteiger partial charge in [-0.05, 0) is 77.0 Å². The maximum Gasteiger partial charge on any atom is 0.472 e. The van der Waals surface area contributed by atoms with Crippen LogP contribution in [-0.2, 0) is 32.7 Å². The second-order valence-electron chi connectivity index (χ2n) is 15.0. The molecule has 0 aromatic rings. The maximum atomic E-state index is 12.6. The number of phosphoric ester groups is 1. The largest absolute Gasteiger partial charge is 0.472 e. The van der Waals surface area contributed by atoms with Crippen LogP contribution in [0.1, 0.15) is 181 Å². The van der Waals surface area contributed by atoms with E-state index >= 15 is 0 Å². The zero-order chi connectivity index (χ0) is 43.3. The van der Waals surface area contributed by atoms with Crippen LogP contribution >= 0.6 is 7.82 Å². The molecule has 0 heterocycles. The van der Waals surface area contributed by atoms with Crippen molar-refractivity contribution >= 4 is 19.8 Å². The summed E-state index contributed by atoms with van der Waals surface area (Å²) in [5.74, 6) is -1.00. The maximum absolute atomic E-state index is 12.6. The molecule has 3 N–H and O–H groups in total. The predicted octanol–water partition coefficient (Wildman–Crippen LogP) is 12.4. The molecule has 10 nitrogen and oxygen atoms in total. The Labute approximate surface area is 358 Å². The zero-order valence-corrected chi connectivity index (χ0v) is 37.8. The van der Waals surface area contributed by atoms with E-state index in [9.17, 15) is 24.2 Å². The molecule has 0 rings (SSSR count). The molecule has 0 aromatic carbocycles. The third-order valence-electron chi connectivity index (χ3n) is 9.34. The van der Waals surface area contributed by atoms with Crippen molar-refractivity contribution in [2.24, 2.45) is 0 Å². The highest BCUT2D eigenvalue weighted by Crippen LogP contribution is 2.43. The number of allylic oxidation sites excluding steroid dienone is 12. The first-order valence-corrected chi connectivity index (χ1v) is 24.4. The Morgan fingerprint density at radius 2 is 0.949 bits per heavy atom. The molecule has 1 unspecified atom stereocenters. The quantitative estimate of drug-likeness (QED) is 0.0234. The van der Waals surface area contributed by atoms with E-state index in [0.717, 1.165) is 57.8 Å². The van der Waals surface area contributed by atoms with Gasteiger partial charge in [0.15, 0.2) is 6.10 Å². The Bertz CT molecular complexity index is 1210. The molecule has 0 aromatic heterocycles. The summed E-state index contributed by atoms with van der Waals surface area (Å²) < 4.78 is 32.7. The van der Waals surface area contributed by atoms with Crippen molar-refractivity contribution in [2.75, 3.05) is 26.4 Å². The number of aliphatic hydroxyl groups excluding tert-OH is 2. The summed E-state index contributed by atoms with van der Waals surface area (Å²) in [6, 6.07) is 0. The van der Waals surface area contributed by atoms with Gasteiger partial charge in [-0.15, -0.1) is 0 Å². The SMILES string of the molecule is CC/C=C\C/C=C\C/C=C\C/C=C\C/C=C\CCCC(=O)O[C@H](COC(=O)CCCCCCCCC/C=C\CCCCCCCCCC)COP(=O)(O)OC[C@@H](O)CO. The van der Waals surface area contributed by atoms with Crippen LogP contribution in [0.5, 0.6) is 0 Å². The molecule has 0 saturated heterocycles. The molecule has 340 valence electrons. The van der Waals surface area contributed by atoms with Gasteiger partial charge in [-0.3, -0.25) is 18.6 Å². The average Bonchev–Trinajstić information content (AvgIpc) is 3.22. The average molecular weight is 851 g/mol. The lowest BCUT2D eigenvalue weighted by atomic mass is 10.1. The molecule has 0 bridgehead atoms. The number of ether oxygens (including phenoxy) is 2. The van der Waals surface area contributed by atoms with Crippen molar-refractivity contribution in [2.45, 2.75) is 193 Å². The van der Waals surface area contributed by atoms with Crippen LogP contribution in [0.4, 0.5) is 0 Å². The van der Waals surface area contributed by atoms with E-state index in [1.165, 1.54) is 77.0 Å². The fraction of sp³-hybridized carbons (Fsp3) is 0.708. The van der Waals surface area contributed by atoms with Gasteiger partial charge in [-0.25, -0.2) is 4.57 Å². The van der Waals surface area contributed by atoms with Crippen LogP contribution in [0.25, 0.3) is 0 Å². The van der Waals surface area contributed by atoms with Gasteiger partial charge in [-0.2, -0.15) is 0 Å². The van der Waals surface area contributed by atoms with Gasteiger partial charge in [0.2, 0.25) is 0 Å². The molecule has 0 aliphatic carbocycles. The fourth-order valence-electron chi connectivity index (χ4n) is 5.85. The van der Waals surface area contributed by atoms with Crippen LogP contribution in [0, 0.1) is 0 Å². The van der Waals surface area contributed by atoms with Crippen LogP contribution in [-0.4, -0.2) is 65.7 Å². The van der Waals surface area contributed by atoms with Gasteiger partial charge in [0.1, 0.15) is 12.7 Å². The molecule has 0 aliphatic heterocycles. The summed E-state index contributed by atoms with van der Waals surface area (Å²) in [6.07, 6.45) is 50.2. The van der Waals surface area contributed by atoms with E-state index in [-0.39, 0.29) is 19.4 Å². The Morgan fingerprint density at radius 1 is 0.525 bits per heavy atom. The topological polar surface area (TPSA) is 149 Å². The molecule has 0 aliphatic rings. The molecular weight excluding hydrogens is 767 g/mol. The number of carbonyl (C=O) groups excluding carboxylic acids is 2. The summed E-state index contributed by atoms with van der Waals surface area (Å²) in [7, 11) is -4.64. The predicted molar refractivity (Wildman–Crippen MR) is 242 cm³/mol. The highest BCUT2D eigenvalue weighted by molar-refractivity contribution is 7.47. The Morgan fingerprint density at radius 3 is 1.47 bits per heavy atom. The molecule has 0 amide bonds. The molecule has 59 heavy (non-hydrogen) atoms. The van der Waals surface area contributed by atoms with E-state index < -0.39 is 51.8 Å². The fourth-order valence-corrected chi connectivity index (χ4v) is 6.64. The normalized spacial score (nSPS) is 14.5. The van der Waals surface area contributed by atoms with Crippen molar-refractivity contribution in [1.29, 1.82) is 0 Å². The summed E-state index contributed by atoms with van der Waals surface area (Å²) in [5.41, 5.74) is 0. The first kappa shape index (κ1) is 56.4. The summed E-state index contributed by atoms with van der Waals surface area (Å²) in [5, 5.41) is 18.3. The standard InChI is InChI=1S/C48H83O10P/c1-3-5-7-9-11-13-15-17-19-21-22-24-25-27-29-31-33-35-37-39-47(51)55-43-46(44-57-59(53,54)56-42-45(50)41-49)58-48(52)40-38-36-34-32-30-28-26-23-20-18-16-14-12-10-8-6-4-2/h6,8,12,14,18,20-22,26,28,32,34,45-46,49-50H,3-5,7,9-11,13,15-17,19,23-25,27,29-31,33,35-44H2,1-2H3,(H,53,54)/b8-6-,14-12-,20-18-,22-21-,28-26-,34-32-/t45-,46+/m0/s1. The smallest absolute Gasteiger partial charge is 0.462 e. The van der Waals surface area contributed by atoms with Crippen molar-refractivity contribution in [3.63, 3.8) is 0 Å². The van der Waals surface area contributed by atoms with Crippen molar-refractivity contribution in [3.8, 4) is 0 Å². The molecule has 11 heteroatoms. The highest BCUT2D eigenvalue weighted by atomic mass is 31.2. The summed E-state index contributed by atoms with van der Waals surface area (Å²) in [4.78, 5) is 35.0. The minimum atomic E-state index is -4.64. The van der Waals surface area contributed by atoms with E-state index in [0.29, 0.717) is 19.3 Å². The number of phosphoric acid groups is 1. The molecule has 0 spiro atoms. The molecule has 0 radical (unpaired) electrons. The van der Waals surface area contributed by atoms with Gasteiger partial charge in [0.25, 0.3) is 0 Å². The van der Waals surface area contributed by atoms with E-state index in [1.807, 2.05) is 12.2 Å². The highest BCUT2D eigenvalue weighted by Gasteiger charge is 2.27. The Kier molecular flexibility index (Phi) is 41.6. The first-order valence-electron chi connectivity index (χ1n) is 22.9. The van der Waals surface area contributed by atoms with Gasteiger partial charge in [-0.1, -0.05) is 164 Å². The number of aliphatic hydroxyl groups is 2. The first-order chi connectivity index (χ1) is 28.7. The van der Waals surface area contributed by atoms with Crippen molar-refractivity contribution < 1.29 is 47.8 Å².